The van der Waals surface area contributed by atoms with Crippen LogP contribution in [0.25, 0.3) is 11.1 Å². The number of rotatable bonds is 3. The summed E-state index contributed by atoms with van der Waals surface area (Å²) >= 11 is 1.38. The highest BCUT2D eigenvalue weighted by Gasteiger charge is 2.31. The van der Waals surface area contributed by atoms with E-state index < -0.39 is 10.0 Å². The highest BCUT2D eigenvalue weighted by atomic mass is 32.2. The van der Waals surface area contributed by atoms with Crippen molar-refractivity contribution in [2.45, 2.75) is 84.8 Å². The molecule has 3 aromatic rings. The Morgan fingerprint density at radius 1 is 0.973 bits per heavy atom. The second-order valence-corrected chi connectivity index (χ2v) is 12.7. The van der Waals surface area contributed by atoms with Crippen molar-refractivity contribution in [3.05, 3.63) is 65.5 Å². The van der Waals surface area contributed by atoms with Gasteiger partial charge in [0.05, 0.1) is 16.8 Å². The van der Waals surface area contributed by atoms with Gasteiger partial charge in [0.2, 0.25) is 0 Å². The van der Waals surface area contributed by atoms with Crippen LogP contribution in [-0.4, -0.2) is 29.5 Å². The quantitative estimate of drug-likeness (QED) is 0.349. The van der Waals surface area contributed by atoms with Crippen LogP contribution in [0.4, 0.5) is 5.69 Å². The molecule has 1 aliphatic rings. The Morgan fingerprint density at radius 2 is 1.59 bits per heavy atom. The summed E-state index contributed by atoms with van der Waals surface area (Å²) in [6.45, 7) is 18.6. The minimum Gasteiger partial charge on any atom is -0.277 e. The SMILES string of the molecule is CC.CC.CC(C)(C)SN.Cc1cc(-c2cnn(C)c2)ccc1S(=O)(=O)N1CCCc2cccc(C)c21. The predicted octanol–water partition coefficient (Wildman–Crippen LogP) is 7.29. The van der Waals surface area contributed by atoms with Crippen molar-refractivity contribution in [1.29, 1.82) is 0 Å². The van der Waals surface area contributed by atoms with E-state index in [9.17, 15) is 8.42 Å². The van der Waals surface area contributed by atoms with Gasteiger partial charge in [-0.3, -0.25) is 14.1 Å². The lowest BCUT2D eigenvalue weighted by Crippen LogP contribution is -2.36. The average molecular weight is 547 g/mol. The zero-order valence-corrected chi connectivity index (χ0v) is 25.9. The minimum absolute atomic E-state index is 0.236. The van der Waals surface area contributed by atoms with Crippen molar-refractivity contribution < 1.29 is 8.42 Å². The van der Waals surface area contributed by atoms with Crippen molar-refractivity contribution in [2.24, 2.45) is 12.2 Å². The molecule has 0 atom stereocenters. The standard InChI is InChI=1S/C21H23N3O2S.C4H11NS.2C2H6/c1-15-6-4-7-17-8-5-11-24(21(15)17)27(25,26)20-10-9-18(12-16(20)2)19-13-22-23(3)14-19;1-4(2,3)6-5;2*1-2/h4,6-7,9-10,12-14H,5,8,11H2,1-3H3;5H2,1-3H3;2*1-2H3. The van der Waals surface area contributed by atoms with Crippen LogP contribution in [0.5, 0.6) is 0 Å². The van der Waals surface area contributed by atoms with Crippen molar-refractivity contribution in [1.82, 2.24) is 9.78 Å². The number of anilines is 1. The van der Waals surface area contributed by atoms with Crippen molar-refractivity contribution in [2.75, 3.05) is 10.8 Å². The molecule has 0 saturated carbocycles. The first-order valence-corrected chi connectivity index (χ1v) is 15.3. The maximum atomic E-state index is 13.5. The molecule has 6 nitrogen and oxygen atoms in total. The number of hydrogen-bond acceptors (Lipinski definition) is 5. The van der Waals surface area contributed by atoms with E-state index in [0.717, 1.165) is 46.3 Å². The normalized spacial score (nSPS) is 12.7. The van der Waals surface area contributed by atoms with Gasteiger partial charge in [0.25, 0.3) is 10.0 Å². The van der Waals surface area contributed by atoms with Gasteiger partial charge in [-0.25, -0.2) is 8.42 Å². The second kappa shape index (κ2) is 14.6. The number of benzene rings is 2. The lowest BCUT2D eigenvalue weighted by Gasteiger charge is -2.32. The maximum absolute atomic E-state index is 13.5. The molecule has 0 fully saturated rings. The van der Waals surface area contributed by atoms with Gasteiger partial charge in [0.15, 0.2) is 0 Å². The Morgan fingerprint density at radius 3 is 2.11 bits per heavy atom. The molecule has 2 heterocycles. The topological polar surface area (TPSA) is 81.2 Å². The van der Waals surface area contributed by atoms with Gasteiger partial charge in [-0.15, -0.1) is 0 Å². The Labute approximate surface area is 229 Å². The van der Waals surface area contributed by atoms with Crippen molar-refractivity contribution in [3.63, 3.8) is 0 Å². The second-order valence-electron chi connectivity index (χ2n) is 9.38. The average Bonchev–Trinajstić information content (AvgIpc) is 3.32. The Hall–Kier alpha value is -2.29. The number of para-hydroxylation sites is 1. The third kappa shape index (κ3) is 8.62. The van der Waals surface area contributed by atoms with E-state index in [1.165, 1.54) is 11.9 Å². The molecule has 206 valence electrons. The van der Waals surface area contributed by atoms with Crippen LogP contribution < -0.4 is 9.44 Å². The first kappa shape index (κ1) is 32.7. The zero-order chi connectivity index (χ0) is 28.4. The van der Waals surface area contributed by atoms with E-state index in [1.807, 2.05) is 85.1 Å². The summed E-state index contributed by atoms with van der Waals surface area (Å²) in [5, 5.41) is 9.41. The summed E-state index contributed by atoms with van der Waals surface area (Å²) in [6, 6.07) is 11.5. The molecule has 0 unspecified atom stereocenters. The molecule has 4 rings (SSSR count). The van der Waals surface area contributed by atoms with E-state index in [1.54, 1.807) is 21.3 Å². The van der Waals surface area contributed by atoms with Gasteiger partial charge in [-0.2, -0.15) is 5.10 Å². The van der Waals surface area contributed by atoms with E-state index in [0.29, 0.717) is 11.4 Å². The van der Waals surface area contributed by atoms with Crippen LogP contribution in [0.3, 0.4) is 0 Å². The van der Waals surface area contributed by atoms with Crippen LogP contribution in [0.1, 0.15) is 71.6 Å². The molecule has 0 amide bonds. The zero-order valence-electron chi connectivity index (χ0n) is 24.3. The summed E-state index contributed by atoms with van der Waals surface area (Å²) in [6.07, 6.45) is 5.46. The number of aromatic nitrogens is 2. The fourth-order valence-electron chi connectivity index (χ4n) is 3.85. The molecule has 0 saturated heterocycles. The summed E-state index contributed by atoms with van der Waals surface area (Å²) in [5.41, 5.74) is 5.64. The highest BCUT2D eigenvalue weighted by Crippen LogP contribution is 2.36. The summed E-state index contributed by atoms with van der Waals surface area (Å²) < 4.78 is 30.5. The number of nitrogens with two attached hydrogens (primary N) is 1. The van der Waals surface area contributed by atoms with Gasteiger partial charge in [0.1, 0.15) is 0 Å². The molecule has 0 spiro atoms. The van der Waals surface area contributed by atoms with Gasteiger partial charge >= 0.3 is 0 Å². The molecule has 0 aliphatic carbocycles. The van der Waals surface area contributed by atoms with Gasteiger partial charge < -0.3 is 0 Å². The number of fused-ring (bicyclic) bond motifs is 1. The molecule has 1 aliphatic heterocycles. The molecular weight excluding hydrogens is 500 g/mol. The molecular formula is C29H46N4O2S2. The van der Waals surface area contributed by atoms with Crippen LogP contribution >= 0.6 is 11.9 Å². The Kier molecular flexibility index (Phi) is 12.9. The maximum Gasteiger partial charge on any atom is 0.264 e. The number of hydrogen-bond donors (Lipinski definition) is 1. The van der Waals surface area contributed by atoms with E-state index in [2.05, 4.69) is 25.9 Å². The fraction of sp³-hybridized carbons (Fsp3) is 0.483. The largest absolute Gasteiger partial charge is 0.277 e. The fourth-order valence-corrected chi connectivity index (χ4v) is 5.67. The smallest absolute Gasteiger partial charge is 0.264 e. The van der Waals surface area contributed by atoms with E-state index >= 15 is 0 Å². The Balaban J connectivity index is 0.000000595. The molecule has 2 N–H and O–H groups in total. The summed E-state index contributed by atoms with van der Waals surface area (Å²) in [5.74, 6) is 0. The van der Waals surface area contributed by atoms with Gasteiger partial charge in [-0.1, -0.05) is 63.9 Å². The first-order valence-electron chi connectivity index (χ1n) is 13.0. The molecule has 1 aromatic heterocycles. The number of nitrogens with zero attached hydrogens (tertiary/aromatic N) is 3. The minimum atomic E-state index is -3.61. The van der Waals surface area contributed by atoms with Crippen LogP contribution in [0.2, 0.25) is 0 Å². The molecule has 0 radical (unpaired) electrons. The molecule has 0 bridgehead atoms. The first-order chi connectivity index (χ1) is 17.4. The van der Waals surface area contributed by atoms with Crippen molar-refractivity contribution >= 4 is 27.7 Å². The summed E-state index contributed by atoms with van der Waals surface area (Å²) in [7, 11) is -1.74. The van der Waals surface area contributed by atoms with E-state index in [-0.39, 0.29) is 4.75 Å². The monoisotopic (exact) mass is 546 g/mol. The lowest BCUT2D eigenvalue weighted by molar-refractivity contribution is 0.585. The molecule has 8 heteroatoms. The predicted molar refractivity (Wildman–Crippen MR) is 162 cm³/mol. The van der Waals surface area contributed by atoms with Gasteiger partial charge in [0, 0.05) is 30.1 Å². The Bertz CT molecular complexity index is 1230. The summed E-state index contributed by atoms with van der Waals surface area (Å²) in [4.78, 5) is 0.367. The van der Waals surface area contributed by atoms with Crippen molar-refractivity contribution in [3.8, 4) is 11.1 Å². The van der Waals surface area contributed by atoms with Crippen LogP contribution in [0.15, 0.2) is 53.7 Å². The van der Waals surface area contributed by atoms with Gasteiger partial charge in [-0.05, 0) is 81.8 Å². The lowest BCUT2D eigenvalue weighted by atomic mass is 10.0. The van der Waals surface area contributed by atoms with Crippen LogP contribution in [-0.2, 0) is 23.5 Å². The highest BCUT2D eigenvalue weighted by molar-refractivity contribution is 7.98. The molecule has 2 aromatic carbocycles. The number of aryl methyl sites for hydroxylation is 4. The third-order valence-corrected chi connectivity index (χ3v) is 8.18. The van der Waals surface area contributed by atoms with E-state index in [4.69, 9.17) is 5.14 Å². The van der Waals surface area contributed by atoms with Crippen LogP contribution in [0, 0.1) is 13.8 Å². The third-order valence-electron chi connectivity index (χ3n) is 5.51. The number of sulfonamides is 1. The molecule has 37 heavy (non-hydrogen) atoms.